The van der Waals surface area contributed by atoms with E-state index in [2.05, 4.69) is 34.7 Å². The molecule has 41 heavy (non-hydrogen) atoms. The predicted octanol–water partition coefficient (Wildman–Crippen LogP) is 4.87. The van der Waals surface area contributed by atoms with Gasteiger partial charge >= 0.3 is 6.18 Å². The number of benzene rings is 1. The van der Waals surface area contributed by atoms with Crippen LogP contribution in [0.3, 0.4) is 0 Å². The Morgan fingerprint density at radius 1 is 1.12 bits per heavy atom. The van der Waals surface area contributed by atoms with Gasteiger partial charge in [-0.15, -0.1) is 10.2 Å². The van der Waals surface area contributed by atoms with Crippen LogP contribution in [-0.4, -0.2) is 43.6 Å². The maximum Gasteiger partial charge on any atom is 0.406 e. The van der Waals surface area contributed by atoms with Crippen LogP contribution in [0.5, 0.6) is 0 Å². The molecule has 13 heteroatoms. The van der Waals surface area contributed by atoms with Crippen molar-refractivity contribution in [3.05, 3.63) is 75.5 Å². The summed E-state index contributed by atoms with van der Waals surface area (Å²) >= 11 is 0. The Balaban J connectivity index is 1.68. The van der Waals surface area contributed by atoms with Gasteiger partial charge < -0.3 is 19.8 Å². The second kappa shape index (κ2) is 10.7. The van der Waals surface area contributed by atoms with Gasteiger partial charge in [-0.3, -0.25) is 9.59 Å². The number of hydrogen-bond acceptors (Lipinski definition) is 5. The van der Waals surface area contributed by atoms with Crippen LogP contribution in [0.25, 0.3) is 0 Å². The molecule has 0 atom stereocenters. The van der Waals surface area contributed by atoms with Gasteiger partial charge in [-0.05, 0) is 61.4 Å². The van der Waals surface area contributed by atoms with E-state index in [1.165, 1.54) is 26.0 Å². The molecule has 0 spiro atoms. The summed E-state index contributed by atoms with van der Waals surface area (Å²) in [5.41, 5.74) is -3.44. The van der Waals surface area contributed by atoms with E-state index in [1.807, 2.05) is 0 Å². The van der Waals surface area contributed by atoms with E-state index in [9.17, 15) is 31.5 Å². The van der Waals surface area contributed by atoms with Crippen molar-refractivity contribution in [3.8, 4) is 0 Å². The van der Waals surface area contributed by atoms with Crippen LogP contribution < -0.4 is 16.2 Å². The van der Waals surface area contributed by atoms with Gasteiger partial charge in [0, 0.05) is 26.3 Å². The zero-order valence-corrected chi connectivity index (χ0v) is 23.5. The van der Waals surface area contributed by atoms with Gasteiger partial charge in [0.05, 0.1) is 11.1 Å². The fraction of sp³-hybridized carbons (Fsp3) is 0.500. The average molecular weight is 581 g/mol. The summed E-state index contributed by atoms with van der Waals surface area (Å²) in [6, 6.07) is 5.37. The lowest BCUT2D eigenvalue weighted by atomic mass is 9.51. The number of carbonyl (C=O) groups is 1. The molecule has 3 aromatic rings. The van der Waals surface area contributed by atoms with Crippen LogP contribution in [-0.2, 0) is 25.6 Å². The predicted molar refractivity (Wildman–Crippen MR) is 143 cm³/mol. The zero-order valence-electron chi connectivity index (χ0n) is 23.5. The van der Waals surface area contributed by atoms with Crippen LogP contribution in [0.4, 0.5) is 27.6 Å². The molecule has 1 amide bonds. The van der Waals surface area contributed by atoms with Crippen molar-refractivity contribution >= 4 is 11.6 Å². The largest absolute Gasteiger partial charge is 0.406 e. The third-order valence-corrected chi connectivity index (χ3v) is 7.08. The Kier molecular flexibility index (Phi) is 7.89. The normalized spacial score (nSPS) is 16.3. The van der Waals surface area contributed by atoms with Crippen molar-refractivity contribution in [2.45, 2.75) is 70.9 Å². The lowest BCUT2D eigenvalue weighted by Crippen LogP contribution is -2.49. The minimum atomic E-state index is -4.74. The van der Waals surface area contributed by atoms with Gasteiger partial charge in [-0.1, -0.05) is 19.9 Å². The van der Waals surface area contributed by atoms with Crippen LogP contribution in [0, 0.1) is 11.2 Å². The summed E-state index contributed by atoms with van der Waals surface area (Å²) < 4.78 is 70.6. The summed E-state index contributed by atoms with van der Waals surface area (Å²) in [6.45, 7) is 4.98. The van der Waals surface area contributed by atoms with Gasteiger partial charge in [0.15, 0.2) is 0 Å². The SMILES string of the molecule is Cn1cnnc1C1(c2ccc(F)c(NC(=O)c3cc(CNCC(C)(C)F)cn(CC(F)(F)F)c3=O)c2)CC(C)(C)C1. The maximum absolute atomic E-state index is 15.0. The molecule has 0 unspecified atom stereocenters. The van der Waals surface area contributed by atoms with Crippen molar-refractivity contribution in [2.24, 2.45) is 12.5 Å². The summed E-state index contributed by atoms with van der Waals surface area (Å²) in [5, 5.41) is 13.4. The highest BCUT2D eigenvalue weighted by Gasteiger charge is 2.54. The number of amides is 1. The highest BCUT2D eigenvalue weighted by molar-refractivity contribution is 6.04. The first-order valence-electron chi connectivity index (χ1n) is 13.0. The first-order valence-corrected chi connectivity index (χ1v) is 13.0. The fourth-order valence-electron chi connectivity index (χ4n) is 5.67. The van der Waals surface area contributed by atoms with Crippen molar-refractivity contribution in [1.29, 1.82) is 0 Å². The standard InChI is InChI=1S/C28H33F5N6O2/c1-25(2)12-27(13-25,24-37-35-16-38(24)5)18-6-7-20(29)21(9-18)36-22(40)19-8-17(10-34-14-26(3,4)30)11-39(23(19)41)15-28(31,32)33/h6-9,11,16,34H,10,12-15H2,1-5H3,(H,36,40). The van der Waals surface area contributed by atoms with Gasteiger partial charge in [0.2, 0.25) is 0 Å². The Morgan fingerprint density at radius 3 is 2.37 bits per heavy atom. The average Bonchev–Trinajstić information content (AvgIpc) is 3.24. The number of carbonyl (C=O) groups excluding carboxylic acids is 1. The second-order valence-corrected chi connectivity index (χ2v) is 12.1. The Hall–Kier alpha value is -3.61. The van der Waals surface area contributed by atoms with Crippen molar-refractivity contribution in [3.63, 3.8) is 0 Å². The Labute approximate surface area is 234 Å². The highest BCUT2D eigenvalue weighted by atomic mass is 19.4. The number of pyridine rings is 1. The van der Waals surface area contributed by atoms with Crippen molar-refractivity contribution < 1.29 is 26.7 Å². The summed E-state index contributed by atoms with van der Waals surface area (Å²) in [7, 11) is 1.80. The molecule has 2 aromatic heterocycles. The van der Waals surface area contributed by atoms with Crippen LogP contribution in [0.2, 0.25) is 0 Å². The molecule has 1 saturated carbocycles. The molecule has 2 heterocycles. The molecule has 1 aliphatic carbocycles. The number of aromatic nitrogens is 4. The number of nitrogens with zero attached hydrogens (tertiary/aromatic N) is 4. The van der Waals surface area contributed by atoms with E-state index >= 15 is 0 Å². The molecule has 8 nitrogen and oxygen atoms in total. The molecule has 0 aliphatic heterocycles. The number of anilines is 1. The number of aryl methyl sites for hydroxylation is 1. The molecule has 222 valence electrons. The van der Waals surface area contributed by atoms with Crippen molar-refractivity contribution in [1.82, 2.24) is 24.6 Å². The molecule has 0 radical (unpaired) electrons. The molecular formula is C28H33F5N6O2. The summed E-state index contributed by atoms with van der Waals surface area (Å²) in [6.07, 6.45) is -0.849. The quantitative estimate of drug-likeness (QED) is 0.352. The number of nitrogens with one attached hydrogen (secondary N) is 2. The molecule has 0 saturated heterocycles. The molecular weight excluding hydrogens is 547 g/mol. The Bertz CT molecular complexity index is 1490. The molecule has 4 rings (SSSR count). The molecule has 1 aliphatic rings. The third-order valence-electron chi connectivity index (χ3n) is 7.08. The van der Waals surface area contributed by atoms with E-state index in [4.69, 9.17) is 0 Å². The summed E-state index contributed by atoms with van der Waals surface area (Å²) in [4.78, 5) is 26.1. The van der Waals surface area contributed by atoms with Crippen molar-refractivity contribution in [2.75, 3.05) is 11.9 Å². The van der Waals surface area contributed by atoms with E-state index in [-0.39, 0.29) is 29.8 Å². The lowest BCUT2D eigenvalue weighted by Gasteiger charge is -2.52. The number of hydrogen-bond donors (Lipinski definition) is 2. The highest BCUT2D eigenvalue weighted by Crippen LogP contribution is 2.58. The van der Waals surface area contributed by atoms with E-state index in [0.717, 1.165) is 12.3 Å². The van der Waals surface area contributed by atoms with E-state index < -0.39 is 46.7 Å². The fourth-order valence-corrected chi connectivity index (χ4v) is 5.67. The van der Waals surface area contributed by atoms with E-state index in [0.29, 0.717) is 28.8 Å². The van der Waals surface area contributed by atoms with Gasteiger partial charge in [-0.2, -0.15) is 13.2 Å². The smallest absolute Gasteiger partial charge is 0.320 e. The third kappa shape index (κ3) is 6.83. The Morgan fingerprint density at radius 2 is 1.80 bits per heavy atom. The minimum Gasteiger partial charge on any atom is -0.320 e. The minimum absolute atomic E-state index is 0.0286. The van der Waals surface area contributed by atoms with Crippen LogP contribution >= 0.6 is 0 Å². The number of rotatable bonds is 9. The maximum atomic E-state index is 15.0. The first kappa shape index (κ1) is 30.4. The molecule has 2 N–H and O–H groups in total. The first-order chi connectivity index (χ1) is 18.9. The molecule has 1 fully saturated rings. The zero-order chi connectivity index (χ0) is 30.4. The van der Waals surface area contributed by atoms with Gasteiger partial charge in [-0.25, -0.2) is 8.78 Å². The summed E-state index contributed by atoms with van der Waals surface area (Å²) in [5.74, 6) is -1.18. The topological polar surface area (TPSA) is 93.8 Å². The van der Waals surface area contributed by atoms with Crippen LogP contribution in [0.1, 0.15) is 67.8 Å². The lowest BCUT2D eigenvalue weighted by molar-refractivity contribution is -0.141. The van der Waals surface area contributed by atoms with Crippen LogP contribution in [0.15, 0.2) is 41.6 Å². The second-order valence-electron chi connectivity index (χ2n) is 12.1. The molecule has 0 bridgehead atoms. The van der Waals surface area contributed by atoms with E-state index in [1.54, 1.807) is 24.0 Å². The number of halogens is 5. The van der Waals surface area contributed by atoms with Gasteiger partial charge in [0.1, 0.15) is 35.7 Å². The molecule has 1 aromatic carbocycles. The number of alkyl halides is 4. The van der Waals surface area contributed by atoms with Gasteiger partial charge in [0.25, 0.3) is 11.5 Å². The monoisotopic (exact) mass is 580 g/mol.